The van der Waals surface area contributed by atoms with Gasteiger partial charge in [-0.3, -0.25) is 4.79 Å². The number of halogens is 1. The molecule has 1 unspecified atom stereocenters. The summed E-state index contributed by atoms with van der Waals surface area (Å²) < 4.78 is 17.7. The van der Waals surface area contributed by atoms with Crippen molar-refractivity contribution < 1.29 is 18.7 Å². The molecule has 0 bridgehead atoms. The molecule has 0 saturated heterocycles. The maximum absolute atomic E-state index is 13.1. The standard InChI is InChI=1S/C12H15FN2O3/c1-7(14-2)11(16)15-10-6-8(13)4-5-9(10)12(17)18-3/h4-7,14H,1-3H3,(H,15,16). The van der Waals surface area contributed by atoms with Gasteiger partial charge in [0.1, 0.15) is 5.82 Å². The molecular formula is C12H15FN2O3. The van der Waals surface area contributed by atoms with Gasteiger partial charge in [-0.05, 0) is 32.2 Å². The molecule has 1 aromatic carbocycles. The van der Waals surface area contributed by atoms with Crippen LogP contribution in [-0.4, -0.2) is 32.1 Å². The fourth-order valence-electron chi connectivity index (χ4n) is 1.28. The van der Waals surface area contributed by atoms with Crippen LogP contribution in [0.1, 0.15) is 17.3 Å². The number of benzene rings is 1. The van der Waals surface area contributed by atoms with E-state index in [0.717, 1.165) is 12.1 Å². The minimum atomic E-state index is -0.637. The van der Waals surface area contributed by atoms with E-state index < -0.39 is 17.8 Å². The van der Waals surface area contributed by atoms with Crippen LogP contribution in [0.5, 0.6) is 0 Å². The Kier molecular flexibility index (Phi) is 4.79. The lowest BCUT2D eigenvalue weighted by Crippen LogP contribution is -2.35. The van der Waals surface area contributed by atoms with E-state index in [9.17, 15) is 14.0 Å². The number of methoxy groups -OCH3 is 1. The van der Waals surface area contributed by atoms with Crippen LogP contribution in [0.3, 0.4) is 0 Å². The van der Waals surface area contributed by atoms with Crippen molar-refractivity contribution in [1.82, 2.24) is 5.32 Å². The van der Waals surface area contributed by atoms with Crippen molar-refractivity contribution in [2.24, 2.45) is 0 Å². The topological polar surface area (TPSA) is 67.4 Å². The predicted molar refractivity (Wildman–Crippen MR) is 64.9 cm³/mol. The zero-order valence-electron chi connectivity index (χ0n) is 10.4. The minimum Gasteiger partial charge on any atom is -0.465 e. The van der Waals surface area contributed by atoms with Crippen LogP contribution in [-0.2, 0) is 9.53 Å². The highest BCUT2D eigenvalue weighted by molar-refractivity contribution is 6.02. The number of hydrogen-bond donors (Lipinski definition) is 2. The summed E-state index contributed by atoms with van der Waals surface area (Å²) in [5.74, 6) is -1.55. The lowest BCUT2D eigenvalue weighted by atomic mass is 10.1. The summed E-state index contributed by atoms with van der Waals surface area (Å²) in [7, 11) is 2.84. The highest BCUT2D eigenvalue weighted by Gasteiger charge is 2.17. The molecule has 0 fully saturated rings. The fraction of sp³-hybridized carbons (Fsp3) is 0.333. The number of carbonyl (C=O) groups is 2. The first-order valence-electron chi connectivity index (χ1n) is 5.35. The van der Waals surface area contributed by atoms with E-state index >= 15 is 0 Å². The molecule has 0 aliphatic carbocycles. The van der Waals surface area contributed by atoms with Crippen LogP contribution in [0.15, 0.2) is 18.2 Å². The van der Waals surface area contributed by atoms with Gasteiger partial charge in [-0.25, -0.2) is 9.18 Å². The van der Waals surface area contributed by atoms with Crippen LogP contribution < -0.4 is 10.6 Å². The van der Waals surface area contributed by atoms with Gasteiger partial charge in [0.05, 0.1) is 24.4 Å². The average Bonchev–Trinajstić information content (AvgIpc) is 2.37. The van der Waals surface area contributed by atoms with Crippen molar-refractivity contribution in [2.45, 2.75) is 13.0 Å². The van der Waals surface area contributed by atoms with Crippen LogP contribution >= 0.6 is 0 Å². The fourth-order valence-corrected chi connectivity index (χ4v) is 1.28. The summed E-state index contributed by atoms with van der Waals surface area (Å²) >= 11 is 0. The van der Waals surface area contributed by atoms with Gasteiger partial charge in [0, 0.05) is 0 Å². The maximum Gasteiger partial charge on any atom is 0.339 e. The Morgan fingerprint density at radius 2 is 2.06 bits per heavy atom. The maximum atomic E-state index is 13.1. The molecule has 2 N–H and O–H groups in total. The number of nitrogens with one attached hydrogen (secondary N) is 2. The molecule has 0 radical (unpaired) electrons. The molecule has 1 rings (SSSR count). The van der Waals surface area contributed by atoms with Gasteiger partial charge in [-0.1, -0.05) is 0 Å². The Morgan fingerprint density at radius 1 is 1.39 bits per heavy atom. The molecule has 18 heavy (non-hydrogen) atoms. The highest BCUT2D eigenvalue weighted by atomic mass is 19.1. The molecule has 5 nitrogen and oxygen atoms in total. The zero-order chi connectivity index (χ0) is 13.7. The SMILES string of the molecule is CNC(C)C(=O)Nc1cc(F)ccc1C(=O)OC. The van der Waals surface area contributed by atoms with Gasteiger partial charge in [-0.15, -0.1) is 0 Å². The lowest BCUT2D eigenvalue weighted by Gasteiger charge is -2.13. The van der Waals surface area contributed by atoms with Crippen molar-refractivity contribution in [3.05, 3.63) is 29.6 Å². The summed E-state index contributed by atoms with van der Waals surface area (Å²) in [6, 6.07) is 3.01. The molecule has 6 heteroatoms. The number of rotatable bonds is 4. The normalized spacial score (nSPS) is 11.8. The first kappa shape index (κ1) is 14.1. The molecule has 1 atom stereocenters. The van der Waals surface area contributed by atoms with Crippen molar-refractivity contribution in [2.75, 3.05) is 19.5 Å². The van der Waals surface area contributed by atoms with Gasteiger partial charge < -0.3 is 15.4 Å². The Morgan fingerprint density at radius 3 is 2.61 bits per heavy atom. The second-order valence-electron chi connectivity index (χ2n) is 3.68. The summed E-state index contributed by atoms with van der Waals surface area (Å²) in [6.45, 7) is 1.65. The van der Waals surface area contributed by atoms with Crippen molar-refractivity contribution in [3.8, 4) is 0 Å². The molecule has 0 aliphatic rings. The molecule has 0 aliphatic heterocycles. The van der Waals surface area contributed by atoms with Crippen LogP contribution in [0.4, 0.5) is 10.1 Å². The summed E-state index contributed by atoms with van der Waals surface area (Å²) in [4.78, 5) is 23.1. The highest BCUT2D eigenvalue weighted by Crippen LogP contribution is 2.18. The second-order valence-corrected chi connectivity index (χ2v) is 3.68. The molecule has 0 saturated carbocycles. The third kappa shape index (κ3) is 3.27. The Hall–Kier alpha value is -1.95. The number of ether oxygens (including phenoxy) is 1. The predicted octanol–water partition coefficient (Wildman–Crippen LogP) is 1.16. The molecule has 0 spiro atoms. The van der Waals surface area contributed by atoms with E-state index in [2.05, 4.69) is 15.4 Å². The monoisotopic (exact) mass is 254 g/mol. The molecular weight excluding hydrogens is 239 g/mol. The second kappa shape index (κ2) is 6.11. The van der Waals surface area contributed by atoms with E-state index in [1.165, 1.54) is 13.2 Å². The molecule has 0 aromatic heterocycles. The van der Waals surface area contributed by atoms with Gasteiger partial charge in [0.25, 0.3) is 0 Å². The van der Waals surface area contributed by atoms with Crippen molar-refractivity contribution in [1.29, 1.82) is 0 Å². The molecule has 1 amide bonds. The Bertz CT molecular complexity index is 463. The van der Waals surface area contributed by atoms with E-state index in [1.807, 2.05) is 0 Å². The van der Waals surface area contributed by atoms with Crippen molar-refractivity contribution in [3.63, 3.8) is 0 Å². The summed E-state index contributed by atoms with van der Waals surface area (Å²) in [5, 5.41) is 5.22. The van der Waals surface area contributed by atoms with E-state index in [4.69, 9.17) is 0 Å². The van der Waals surface area contributed by atoms with Gasteiger partial charge in [0.2, 0.25) is 5.91 Å². The third-order valence-electron chi connectivity index (χ3n) is 2.47. The number of carbonyl (C=O) groups excluding carboxylic acids is 2. The largest absolute Gasteiger partial charge is 0.465 e. The van der Waals surface area contributed by atoms with E-state index in [0.29, 0.717) is 0 Å². The van der Waals surface area contributed by atoms with Gasteiger partial charge in [0.15, 0.2) is 0 Å². The molecule has 0 heterocycles. The number of amides is 1. The minimum absolute atomic E-state index is 0.0916. The van der Waals surface area contributed by atoms with Crippen LogP contribution in [0, 0.1) is 5.82 Å². The smallest absolute Gasteiger partial charge is 0.339 e. The summed E-state index contributed by atoms with van der Waals surface area (Å²) in [5.41, 5.74) is 0.199. The van der Waals surface area contributed by atoms with E-state index in [-0.39, 0.29) is 17.2 Å². The van der Waals surface area contributed by atoms with Gasteiger partial charge >= 0.3 is 5.97 Å². The quantitative estimate of drug-likeness (QED) is 0.791. The first-order valence-corrected chi connectivity index (χ1v) is 5.35. The number of hydrogen-bond acceptors (Lipinski definition) is 4. The molecule has 1 aromatic rings. The number of likely N-dealkylation sites (N-methyl/N-ethyl adjacent to an activating group) is 1. The zero-order valence-corrected chi connectivity index (χ0v) is 10.4. The van der Waals surface area contributed by atoms with Crippen LogP contribution in [0.25, 0.3) is 0 Å². The summed E-state index contributed by atoms with van der Waals surface area (Å²) in [6.07, 6.45) is 0. The van der Waals surface area contributed by atoms with Crippen molar-refractivity contribution >= 4 is 17.6 Å². The third-order valence-corrected chi connectivity index (χ3v) is 2.47. The lowest BCUT2D eigenvalue weighted by molar-refractivity contribution is -0.117. The average molecular weight is 254 g/mol. The number of esters is 1. The molecule has 98 valence electrons. The van der Waals surface area contributed by atoms with E-state index in [1.54, 1.807) is 14.0 Å². The number of anilines is 1. The Labute approximate surface area is 104 Å². The first-order chi connectivity index (χ1) is 8.49. The van der Waals surface area contributed by atoms with Crippen LogP contribution in [0.2, 0.25) is 0 Å². The van der Waals surface area contributed by atoms with Gasteiger partial charge in [-0.2, -0.15) is 0 Å². The Balaban J connectivity index is 3.03.